The summed E-state index contributed by atoms with van der Waals surface area (Å²) in [6.45, 7) is 9.24. The van der Waals surface area contributed by atoms with Crippen LogP contribution in [0.2, 0.25) is 0 Å². The van der Waals surface area contributed by atoms with E-state index < -0.39 is 0 Å². The first kappa shape index (κ1) is 13.3. The van der Waals surface area contributed by atoms with E-state index in [2.05, 4.69) is 44.1 Å². The summed E-state index contributed by atoms with van der Waals surface area (Å²) in [7, 11) is 0. The lowest BCUT2D eigenvalue weighted by Gasteiger charge is -2.12. The van der Waals surface area contributed by atoms with Crippen LogP contribution < -0.4 is 5.32 Å². The monoisotopic (exact) mass is 264 g/mol. The average Bonchev–Trinajstić information content (AvgIpc) is 2.92. The van der Waals surface area contributed by atoms with Gasteiger partial charge in [-0.2, -0.15) is 0 Å². The Labute approximate surface area is 112 Å². The zero-order chi connectivity index (χ0) is 13.1. The van der Waals surface area contributed by atoms with E-state index in [-0.39, 0.29) is 0 Å². The fourth-order valence-electron chi connectivity index (χ4n) is 2.02. The lowest BCUT2D eigenvalue weighted by atomic mass is 10.1. The number of hydrogen-bond donors (Lipinski definition) is 1. The number of nitrogens with one attached hydrogen (secondary N) is 1. The van der Waals surface area contributed by atoms with Crippen molar-refractivity contribution < 1.29 is 4.42 Å². The molecule has 1 unspecified atom stereocenters. The Kier molecular flexibility index (Phi) is 4.19. The molecule has 1 atom stereocenters. The molecule has 98 valence electrons. The van der Waals surface area contributed by atoms with Crippen molar-refractivity contribution in [3.05, 3.63) is 39.2 Å². The molecule has 2 aromatic heterocycles. The molecule has 0 saturated carbocycles. The first-order valence-corrected chi connectivity index (χ1v) is 7.15. The number of rotatable bonds is 5. The summed E-state index contributed by atoms with van der Waals surface area (Å²) in [5.41, 5.74) is 1.37. The third-order valence-corrected chi connectivity index (χ3v) is 4.04. The lowest BCUT2D eigenvalue weighted by Crippen LogP contribution is -2.18. The van der Waals surface area contributed by atoms with Gasteiger partial charge in [0, 0.05) is 22.2 Å². The van der Waals surface area contributed by atoms with Gasteiger partial charge in [-0.15, -0.1) is 11.3 Å². The molecule has 2 rings (SSSR count). The van der Waals surface area contributed by atoms with Crippen LogP contribution in [0, 0.1) is 13.8 Å². The molecule has 0 fully saturated rings. The second kappa shape index (κ2) is 5.67. The fraction of sp³-hybridized carbons (Fsp3) is 0.500. The van der Waals surface area contributed by atoms with Crippen molar-refractivity contribution in [3.8, 4) is 0 Å². The molecule has 0 bridgehead atoms. The van der Waals surface area contributed by atoms with Crippen molar-refractivity contribution >= 4 is 11.3 Å². The van der Waals surface area contributed by atoms with E-state index in [0.717, 1.165) is 18.1 Å². The highest BCUT2D eigenvalue weighted by Gasteiger charge is 2.12. The van der Waals surface area contributed by atoms with Gasteiger partial charge in [0.1, 0.15) is 5.76 Å². The van der Waals surface area contributed by atoms with Crippen LogP contribution in [0.15, 0.2) is 16.7 Å². The Morgan fingerprint density at radius 1 is 1.44 bits per heavy atom. The molecule has 1 N–H and O–H groups in total. The first-order chi connectivity index (χ1) is 8.60. The smallest absolute Gasteiger partial charge is 0.208 e. The van der Waals surface area contributed by atoms with Crippen LogP contribution in [0.3, 0.4) is 0 Å². The number of oxazole rings is 1. The molecule has 2 aromatic rings. The van der Waals surface area contributed by atoms with E-state index in [1.165, 1.54) is 15.3 Å². The largest absolute Gasteiger partial charge is 0.444 e. The number of aryl methyl sites for hydroxylation is 3. The molecule has 18 heavy (non-hydrogen) atoms. The molecule has 0 aliphatic carbocycles. The highest BCUT2D eigenvalue weighted by molar-refractivity contribution is 7.12. The van der Waals surface area contributed by atoms with Gasteiger partial charge in [-0.25, -0.2) is 4.98 Å². The van der Waals surface area contributed by atoms with Crippen LogP contribution >= 0.6 is 11.3 Å². The summed E-state index contributed by atoms with van der Waals surface area (Å²) in [4.78, 5) is 7.00. The Hall–Kier alpha value is -1.13. The van der Waals surface area contributed by atoms with E-state index in [1.807, 2.05) is 17.5 Å². The minimum absolute atomic E-state index is 0.326. The van der Waals surface area contributed by atoms with Crippen LogP contribution in [-0.2, 0) is 13.0 Å². The van der Waals surface area contributed by atoms with Crippen molar-refractivity contribution in [1.82, 2.24) is 10.3 Å². The van der Waals surface area contributed by atoms with Gasteiger partial charge >= 0.3 is 0 Å². The molecule has 0 aliphatic rings. The van der Waals surface area contributed by atoms with Crippen molar-refractivity contribution in [1.29, 1.82) is 0 Å². The molecule has 4 heteroatoms. The van der Waals surface area contributed by atoms with E-state index in [1.54, 1.807) is 0 Å². The Morgan fingerprint density at radius 3 is 2.78 bits per heavy atom. The van der Waals surface area contributed by atoms with Crippen LogP contribution in [-0.4, -0.2) is 4.98 Å². The summed E-state index contributed by atoms with van der Waals surface area (Å²) >= 11 is 1.85. The molecule has 0 amide bonds. The quantitative estimate of drug-likeness (QED) is 0.893. The number of aromatic nitrogens is 1. The molecule has 0 saturated heterocycles. The normalized spacial score (nSPS) is 12.9. The van der Waals surface area contributed by atoms with E-state index in [4.69, 9.17) is 4.42 Å². The predicted octanol–water partition coefficient (Wildman–Crippen LogP) is 3.77. The van der Waals surface area contributed by atoms with E-state index in [0.29, 0.717) is 12.6 Å². The van der Waals surface area contributed by atoms with Gasteiger partial charge in [0.25, 0.3) is 0 Å². The highest BCUT2D eigenvalue weighted by atomic mass is 32.1. The van der Waals surface area contributed by atoms with Crippen molar-refractivity contribution in [2.75, 3.05) is 0 Å². The SMILES string of the molecule is CCc1cnc(CNC(C)c2cc(C)sc2C)o1. The first-order valence-electron chi connectivity index (χ1n) is 6.34. The molecule has 2 heterocycles. The second-order valence-corrected chi connectivity index (χ2v) is 6.01. The van der Waals surface area contributed by atoms with Crippen molar-refractivity contribution in [2.45, 2.75) is 46.7 Å². The maximum Gasteiger partial charge on any atom is 0.208 e. The van der Waals surface area contributed by atoms with Crippen LogP contribution in [0.25, 0.3) is 0 Å². The molecule has 0 aromatic carbocycles. The Balaban J connectivity index is 1.95. The maximum atomic E-state index is 5.58. The van der Waals surface area contributed by atoms with Crippen molar-refractivity contribution in [3.63, 3.8) is 0 Å². The van der Waals surface area contributed by atoms with Crippen LogP contribution in [0.1, 0.15) is 46.9 Å². The molecule has 0 radical (unpaired) electrons. The minimum atomic E-state index is 0.326. The summed E-state index contributed by atoms with van der Waals surface area (Å²) in [5.74, 6) is 1.71. The van der Waals surface area contributed by atoms with Gasteiger partial charge in [0.2, 0.25) is 5.89 Å². The summed E-state index contributed by atoms with van der Waals surface area (Å²) in [5, 5.41) is 3.46. The molecular weight excluding hydrogens is 244 g/mol. The van der Waals surface area contributed by atoms with Crippen molar-refractivity contribution in [2.24, 2.45) is 0 Å². The third kappa shape index (κ3) is 3.00. The number of nitrogens with zero attached hydrogens (tertiary/aromatic N) is 1. The number of hydrogen-bond acceptors (Lipinski definition) is 4. The topological polar surface area (TPSA) is 38.1 Å². The van der Waals surface area contributed by atoms with Gasteiger partial charge in [0.15, 0.2) is 0 Å². The summed E-state index contributed by atoms with van der Waals surface area (Å²) < 4.78 is 5.58. The Bertz CT molecular complexity index is 516. The minimum Gasteiger partial charge on any atom is -0.444 e. The van der Waals surface area contributed by atoms with Crippen LogP contribution in [0.5, 0.6) is 0 Å². The van der Waals surface area contributed by atoms with E-state index >= 15 is 0 Å². The zero-order valence-electron chi connectivity index (χ0n) is 11.4. The average molecular weight is 264 g/mol. The van der Waals surface area contributed by atoms with Gasteiger partial charge in [-0.3, -0.25) is 0 Å². The molecular formula is C14H20N2OS. The maximum absolute atomic E-state index is 5.58. The van der Waals surface area contributed by atoms with Gasteiger partial charge in [-0.05, 0) is 32.4 Å². The third-order valence-electron chi connectivity index (χ3n) is 3.06. The summed E-state index contributed by atoms with van der Waals surface area (Å²) in [6.07, 6.45) is 2.70. The van der Waals surface area contributed by atoms with Gasteiger partial charge in [-0.1, -0.05) is 6.92 Å². The Morgan fingerprint density at radius 2 is 2.22 bits per heavy atom. The molecule has 0 spiro atoms. The van der Waals surface area contributed by atoms with Crippen LogP contribution in [0.4, 0.5) is 0 Å². The zero-order valence-corrected chi connectivity index (χ0v) is 12.2. The second-order valence-electron chi connectivity index (χ2n) is 4.55. The molecule has 0 aliphatic heterocycles. The standard InChI is InChI=1S/C14H20N2OS/c1-5-12-7-16-14(17-12)8-15-10(3)13-6-9(2)18-11(13)4/h6-7,10,15H,5,8H2,1-4H3. The molecule has 3 nitrogen and oxygen atoms in total. The summed E-state index contributed by atoms with van der Waals surface area (Å²) in [6, 6.07) is 2.58. The highest BCUT2D eigenvalue weighted by Crippen LogP contribution is 2.26. The van der Waals surface area contributed by atoms with Gasteiger partial charge in [0.05, 0.1) is 12.7 Å². The predicted molar refractivity (Wildman–Crippen MR) is 74.9 cm³/mol. The van der Waals surface area contributed by atoms with Gasteiger partial charge < -0.3 is 9.73 Å². The number of thiophene rings is 1. The fourth-order valence-corrected chi connectivity index (χ4v) is 3.05. The lowest BCUT2D eigenvalue weighted by molar-refractivity contribution is 0.424. The van der Waals surface area contributed by atoms with E-state index in [9.17, 15) is 0 Å².